The molecule has 282 valence electrons. The molecule has 1 aromatic heterocycles. The summed E-state index contributed by atoms with van der Waals surface area (Å²) in [6.45, 7) is 0. The van der Waals surface area contributed by atoms with Gasteiger partial charge >= 0.3 is 0 Å². The van der Waals surface area contributed by atoms with Crippen LogP contribution in [0.1, 0.15) is 0 Å². The second-order valence-corrected chi connectivity index (χ2v) is 15.3. The first kappa shape index (κ1) is 35.2. The summed E-state index contributed by atoms with van der Waals surface area (Å²) in [6.07, 6.45) is 0. The Morgan fingerprint density at radius 1 is 0.283 bits per heavy atom. The van der Waals surface area contributed by atoms with Crippen LogP contribution in [0, 0.1) is 0 Å². The first-order valence-electron chi connectivity index (χ1n) is 20.6. The predicted octanol–water partition coefficient (Wildman–Crippen LogP) is 16.1. The van der Waals surface area contributed by atoms with Crippen LogP contribution in [0.15, 0.2) is 243 Å². The topological polar surface area (TPSA) is 8.17 Å². The number of rotatable bonds is 8. The Kier molecular flexibility index (Phi) is 8.87. The quantitative estimate of drug-likeness (QED) is 0.150. The van der Waals surface area contributed by atoms with Gasteiger partial charge in [-0.1, -0.05) is 194 Å². The molecule has 0 atom stereocenters. The van der Waals surface area contributed by atoms with Crippen LogP contribution in [0.3, 0.4) is 0 Å². The zero-order valence-electron chi connectivity index (χ0n) is 33.0. The molecule has 2 heteroatoms. The Hall–Kier alpha value is -7.94. The zero-order chi connectivity index (χ0) is 39.8. The van der Waals surface area contributed by atoms with E-state index in [1.165, 1.54) is 71.6 Å². The summed E-state index contributed by atoms with van der Waals surface area (Å²) in [5.74, 6) is 0. The minimum absolute atomic E-state index is 1.09. The number of hydrogen-bond donors (Lipinski definition) is 0. The number of anilines is 3. The van der Waals surface area contributed by atoms with Gasteiger partial charge < -0.3 is 9.47 Å². The van der Waals surface area contributed by atoms with E-state index in [1.807, 2.05) is 0 Å². The molecule has 0 unspecified atom stereocenters. The molecular weight excluding hydrogens is 725 g/mol. The molecule has 60 heavy (non-hydrogen) atoms. The highest BCUT2D eigenvalue weighted by molar-refractivity contribution is 6.11. The molecule has 2 nitrogen and oxygen atoms in total. The van der Waals surface area contributed by atoms with E-state index in [4.69, 9.17) is 0 Å². The molecule has 0 fully saturated rings. The van der Waals surface area contributed by atoms with Gasteiger partial charge in [0.25, 0.3) is 0 Å². The molecular formula is C58H40N2. The summed E-state index contributed by atoms with van der Waals surface area (Å²) >= 11 is 0. The van der Waals surface area contributed by atoms with E-state index in [2.05, 4.69) is 252 Å². The van der Waals surface area contributed by atoms with Crippen LogP contribution in [0.5, 0.6) is 0 Å². The summed E-state index contributed by atoms with van der Waals surface area (Å²) in [7, 11) is 0. The van der Waals surface area contributed by atoms with Crippen molar-refractivity contribution >= 4 is 49.6 Å². The molecule has 0 aliphatic carbocycles. The number of fused-ring (bicyclic) bond motifs is 4. The lowest BCUT2D eigenvalue weighted by Crippen LogP contribution is -2.11. The van der Waals surface area contributed by atoms with Crippen molar-refractivity contribution in [2.24, 2.45) is 0 Å². The fourth-order valence-corrected chi connectivity index (χ4v) is 8.99. The van der Waals surface area contributed by atoms with Crippen molar-refractivity contribution in [3.63, 3.8) is 0 Å². The molecule has 0 saturated carbocycles. The van der Waals surface area contributed by atoms with Crippen molar-refractivity contribution in [1.82, 2.24) is 4.57 Å². The van der Waals surface area contributed by atoms with Crippen molar-refractivity contribution in [3.05, 3.63) is 243 Å². The van der Waals surface area contributed by atoms with Crippen molar-refractivity contribution < 1.29 is 0 Å². The standard InChI is InChI=1S/C58H40N2/c1-4-17-41(18-5-1)42-31-33-45(34-32-42)50-37-35-47(39-55(50)52-28-16-22-43-21-10-11-25-49(43)52)60-57-30-15-13-27-53(57)54-38-36-48(40-58(54)60)59(46-23-8-3-9-24-46)56-29-14-12-26-51(56)44-19-6-2-7-20-44/h1-40H. The average Bonchev–Trinajstić information content (AvgIpc) is 3.66. The summed E-state index contributed by atoms with van der Waals surface area (Å²) in [4.78, 5) is 2.40. The van der Waals surface area contributed by atoms with Crippen LogP contribution in [0.4, 0.5) is 17.1 Å². The van der Waals surface area contributed by atoms with Gasteiger partial charge in [0, 0.05) is 33.4 Å². The zero-order valence-corrected chi connectivity index (χ0v) is 33.0. The number of nitrogens with zero attached hydrogens (tertiary/aromatic N) is 2. The Labute approximate surface area is 350 Å². The minimum Gasteiger partial charge on any atom is -0.310 e. The highest BCUT2D eigenvalue weighted by Gasteiger charge is 2.21. The van der Waals surface area contributed by atoms with Gasteiger partial charge in [-0.05, 0) is 98.2 Å². The molecule has 11 aromatic rings. The van der Waals surface area contributed by atoms with Crippen LogP contribution >= 0.6 is 0 Å². The van der Waals surface area contributed by atoms with Gasteiger partial charge in [-0.15, -0.1) is 0 Å². The Balaban J connectivity index is 1.14. The molecule has 1 heterocycles. The lowest BCUT2D eigenvalue weighted by atomic mass is 9.90. The van der Waals surface area contributed by atoms with Crippen molar-refractivity contribution in [1.29, 1.82) is 0 Å². The van der Waals surface area contributed by atoms with Gasteiger partial charge in [0.05, 0.1) is 16.7 Å². The van der Waals surface area contributed by atoms with Gasteiger partial charge in [-0.25, -0.2) is 0 Å². The van der Waals surface area contributed by atoms with E-state index < -0.39 is 0 Å². The van der Waals surface area contributed by atoms with Gasteiger partial charge in [-0.3, -0.25) is 0 Å². The van der Waals surface area contributed by atoms with Crippen LogP contribution < -0.4 is 4.90 Å². The van der Waals surface area contributed by atoms with E-state index in [1.54, 1.807) is 0 Å². The largest absolute Gasteiger partial charge is 0.310 e. The summed E-state index contributed by atoms with van der Waals surface area (Å²) in [5, 5.41) is 4.90. The number of benzene rings is 10. The molecule has 0 N–H and O–H groups in total. The maximum absolute atomic E-state index is 2.46. The molecule has 0 saturated heterocycles. The highest BCUT2D eigenvalue weighted by Crippen LogP contribution is 2.44. The van der Waals surface area contributed by atoms with Crippen LogP contribution in [-0.4, -0.2) is 4.57 Å². The number of para-hydroxylation sites is 3. The van der Waals surface area contributed by atoms with E-state index in [9.17, 15) is 0 Å². The molecule has 10 aromatic carbocycles. The van der Waals surface area contributed by atoms with Gasteiger partial charge in [0.2, 0.25) is 0 Å². The average molecular weight is 765 g/mol. The van der Waals surface area contributed by atoms with Crippen molar-refractivity contribution in [2.45, 2.75) is 0 Å². The third-order valence-electron chi connectivity index (χ3n) is 11.8. The molecule has 0 aliphatic heterocycles. The van der Waals surface area contributed by atoms with E-state index in [-0.39, 0.29) is 0 Å². The SMILES string of the molecule is c1ccc(-c2ccc(-c3ccc(-n4c5ccccc5c5ccc(N(c6ccccc6)c6ccccc6-c6ccccc6)cc54)cc3-c3cccc4ccccc34)cc2)cc1. The molecule has 0 amide bonds. The third-order valence-corrected chi connectivity index (χ3v) is 11.8. The van der Waals surface area contributed by atoms with Crippen LogP contribution in [-0.2, 0) is 0 Å². The molecule has 0 radical (unpaired) electrons. The van der Waals surface area contributed by atoms with Gasteiger partial charge in [-0.2, -0.15) is 0 Å². The van der Waals surface area contributed by atoms with E-state index in [0.29, 0.717) is 0 Å². The maximum atomic E-state index is 2.46. The number of aromatic nitrogens is 1. The van der Waals surface area contributed by atoms with Crippen LogP contribution in [0.25, 0.3) is 82.8 Å². The van der Waals surface area contributed by atoms with Crippen molar-refractivity contribution in [3.8, 4) is 50.2 Å². The van der Waals surface area contributed by atoms with Gasteiger partial charge in [0.1, 0.15) is 0 Å². The first-order valence-corrected chi connectivity index (χ1v) is 20.6. The normalized spacial score (nSPS) is 11.3. The third kappa shape index (κ3) is 6.23. The Morgan fingerprint density at radius 3 is 1.65 bits per heavy atom. The summed E-state index contributed by atoms with van der Waals surface area (Å²) in [5.41, 5.74) is 16.3. The summed E-state index contributed by atoms with van der Waals surface area (Å²) < 4.78 is 2.46. The Morgan fingerprint density at radius 2 is 0.850 bits per heavy atom. The number of hydrogen-bond acceptors (Lipinski definition) is 1. The molecule has 11 rings (SSSR count). The monoisotopic (exact) mass is 764 g/mol. The first-order chi connectivity index (χ1) is 29.8. The Bertz CT molecular complexity index is 3290. The second kappa shape index (κ2) is 15.1. The van der Waals surface area contributed by atoms with E-state index >= 15 is 0 Å². The smallest absolute Gasteiger partial charge is 0.0561 e. The fraction of sp³-hybridized carbons (Fsp3) is 0. The fourth-order valence-electron chi connectivity index (χ4n) is 8.99. The van der Waals surface area contributed by atoms with Crippen LogP contribution in [0.2, 0.25) is 0 Å². The molecule has 0 spiro atoms. The molecule has 0 bridgehead atoms. The lowest BCUT2D eigenvalue weighted by Gasteiger charge is -2.28. The predicted molar refractivity (Wildman–Crippen MR) is 255 cm³/mol. The maximum Gasteiger partial charge on any atom is 0.0561 e. The molecule has 0 aliphatic rings. The minimum atomic E-state index is 1.09. The van der Waals surface area contributed by atoms with Gasteiger partial charge in [0.15, 0.2) is 0 Å². The lowest BCUT2D eigenvalue weighted by molar-refractivity contribution is 1.18. The van der Waals surface area contributed by atoms with E-state index in [0.717, 1.165) is 28.3 Å². The summed E-state index contributed by atoms with van der Waals surface area (Å²) in [6, 6.07) is 87.9. The second-order valence-electron chi connectivity index (χ2n) is 15.3. The van der Waals surface area contributed by atoms with Crippen molar-refractivity contribution in [2.75, 3.05) is 4.90 Å². The highest BCUT2D eigenvalue weighted by atomic mass is 15.1.